The second-order valence-corrected chi connectivity index (χ2v) is 8.77. The maximum absolute atomic E-state index is 12.3. The SMILES string of the molecule is Cc1ccc(C)c(NC(=O)[C@@H](C)OC(=O)c2cccc(CS(C)(=O)=O)c2)c1. The van der Waals surface area contributed by atoms with E-state index in [1.54, 1.807) is 12.1 Å². The van der Waals surface area contributed by atoms with Crippen LogP contribution in [0.5, 0.6) is 0 Å². The van der Waals surface area contributed by atoms with Gasteiger partial charge in [-0.05, 0) is 55.7 Å². The number of nitrogens with one attached hydrogen (secondary N) is 1. The molecule has 144 valence electrons. The largest absolute Gasteiger partial charge is 0.449 e. The molecule has 0 saturated carbocycles. The van der Waals surface area contributed by atoms with Crippen LogP contribution in [0.2, 0.25) is 0 Å². The van der Waals surface area contributed by atoms with Crippen molar-refractivity contribution < 1.29 is 22.7 Å². The van der Waals surface area contributed by atoms with Crippen molar-refractivity contribution in [1.82, 2.24) is 0 Å². The predicted molar refractivity (Wildman–Crippen MR) is 104 cm³/mol. The normalized spacial score (nSPS) is 12.3. The third-order valence-corrected chi connectivity index (χ3v) is 4.75. The summed E-state index contributed by atoms with van der Waals surface area (Å²) in [4.78, 5) is 24.6. The van der Waals surface area contributed by atoms with Crippen LogP contribution < -0.4 is 5.32 Å². The van der Waals surface area contributed by atoms with Gasteiger partial charge in [0.2, 0.25) is 0 Å². The van der Waals surface area contributed by atoms with Gasteiger partial charge in [-0.2, -0.15) is 0 Å². The summed E-state index contributed by atoms with van der Waals surface area (Å²) in [5, 5.41) is 2.75. The van der Waals surface area contributed by atoms with Gasteiger partial charge in [-0.25, -0.2) is 13.2 Å². The van der Waals surface area contributed by atoms with Crippen molar-refractivity contribution in [2.24, 2.45) is 0 Å². The molecule has 0 aliphatic rings. The monoisotopic (exact) mass is 389 g/mol. The van der Waals surface area contributed by atoms with Gasteiger partial charge < -0.3 is 10.1 Å². The minimum Gasteiger partial charge on any atom is -0.449 e. The fourth-order valence-electron chi connectivity index (χ4n) is 2.48. The van der Waals surface area contributed by atoms with Crippen LogP contribution in [0.15, 0.2) is 42.5 Å². The molecule has 0 heterocycles. The second kappa shape index (κ2) is 8.35. The number of sulfone groups is 1. The summed E-state index contributed by atoms with van der Waals surface area (Å²) < 4.78 is 28.0. The first-order valence-corrected chi connectivity index (χ1v) is 10.5. The van der Waals surface area contributed by atoms with Gasteiger partial charge in [0.15, 0.2) is 15.9 Å². The molecule has 0 aliphatic heterocycles. The van der Waals surface area contributed by atoms with Crippen molar-refractivity contribution in [3.8, 4) is 0 Å². The molecule has 0 saturated heterocycles. The number of aryl methyl sites for hydroxylation is 2. The minimum absolute atomic E-state index is 0.170. The topological polar surface area (TPSA) is 89.5 Å². The zero-order valence-electron chi connectivity index (χ0n) is 15.8. The summed E-state index contributed by atoms with van der Waals surface area (Å²) in [6.07, 6.45) is 0.119. The van der Waals surface area contributed by atoms with Crippen molar-refractivity contribution in [3.05, 3.63) is 64.7 Å². The molecule has 0 aromatic heterocycles. The summed E-state index contributed by atoms with van der Waals surface area (Å²) >= 11 is 0. The lowest BCUT2D eigenvalue weighted by Gasteiger charge is -2.15. The number of esters is 1. The van der Waals surface area contributed by atoms with Crippen molar-refractivity contribution >= 4 is 27.4 Å². The fourth-order valence-corrected chi connectivity index (χ4v) is 3.26. The smallest absolute Gasteiger partial charge is 0.338 e. The lowest BCUT2D eigenvalue weighted by Crippen LogP contribution is -2.30. The quantitative estimate of drug-likeness (QED) is 0.767. The number of carbonyl (C=O) groups excluding carboxylic acids is 2. The molecule has 0 fully saturated rings. The van der Waals surface area contributed by atoms with E-state index < -0.39 is 27.8 Å². The van der Waals surface area contributed by atoms with Crippen LogP contribution in [0.3, 0.4) is 0 Å². The summed E-state index contributed by atoms with van der Waals surface area (Å²) in [5.74, 6) is -1.30. The van der Waals surface area contributed by atoms with Crippen molar-refractivity contribution in [2.45, 2.75) is 32.6 Å². The van der Waals surface area contributed by atoms with Gasteiger partial charge in [-0.15, -0.1) is 0 Å². The van der Waals surface area contributed by atoms with E-state index in [2.05, 4.69) is 5.32 Å². The third kappa shape index (κ3) is 6.21. The number of benzene rings is 2. The molecule has 2 aromatic carbocycles. The highest BCUT2D eigenvalue weighted by Gasteiger charge is 2.20. The third-order valence-electron chi connectivity index (χ3n) is 3.90. The standard InChI is InChI=1S/C20H23NO5S/c1-13-8-9-14(2)18(10-13)21-19(22)15(3)26-20(23)17-7-5-6-16(11-17)12-27(4,24)25/h5-11,15H,12H2,1-4H3,(H,21,22)/t15-/m1/s1. The lowest BCUT2D eigenvalue weighted by atomic mass is 10.1. The maximum atomic E-state index is 12.3. The lowest BCUT2D eigenvalue weighted by molar-refractivity contribution is -0.123. The zero-order chi connectivity index (χ0) is 20.2. The van der Waals surface area contributed by atoms with Gasteiger partial charge in [-0.3, -0.25) is 4.79 Å². The average molecular weight is 389 g/mol. The molecule has 6 nitrogen and oxygen atoms in total. The second-order valence-electron chi connectivity index (χ2n) is 6.63. The Hall–Kier alpha value is -2.67. The molecular weight excluding hydrogens is 366 g/mol. The summed E-state index contributed by atoms with van der Waals surface area (Å²) in [7, 11) is -3.21. The van der Waals surface area contributed by atoms with Crippen LogP contribution in [0.1, 0.15) is 34.0 Å². The highest BCUT2D eigenvalue weighted by Crippen LogP contribution is 2.17. The number of rotatable bonds is 6. The van der Waals surface area contributed by atoms with Gasteiger partial charge in [0.05, 0.1) is 11.3 Å². The molecule has 1 amide bonds. The van der Waals surface area contributed by atoms with E-state index in [1.165, 1.54) is 19.1 Å². The van der Waals surface area contributed by atoms with Crippen LogP contribution in [0.25, 0.3) is 0 Å². The van der Waals surface area contributed by atoms with Crippen LogP contribution in [0, 0.1) is 13.8 Å². The molecule has 0 unspecified atom stereocenters. The van der Waals surface area contributed by atoms with E-state index in [0.29, 0.717) is 11.3 Å². The molecular formula is C20H23NO5S. The van der Waals surface area contributed by atoms with Gasteiger partial charge in [0.1, 0.15) is 0 Å². The number of ether oxygens (including phenoxy) is 1. The molecule has 2 aromatic rings. The number of anilines is 1. The molecule has 0 radical (unpaired) electrons. The van der Waals surface area contributed by atoms with Crippen LogP contribution in [-0.2, 0) is 25.1 Å². The zero-order valence-corrected chi connectivity index (χ0v) is 16.6. The maximum Gasteiger partial charge on any atom is 0.338 e. The molecule has 1 N–H and O–H groups in total. The molecule has 2 rings (SSSR count). The number of hydrogen-bond acceptors (Lipinski definition) is 5. The van der Waals surface area contributed by atoms with Crippen molar-refractivity contribution in [3.63, 3.8) is 0 Å². The van der Waals surface area contributed by atoms with E-state index in [-0.39, 0.29) is 11.3 Å². The molecule has 1 atom stereocenters. The number of carbonyl (C=O) groups is 2. The van der Waals surface area contributed by atoms with E-state index in [4.69, 9.17) is 4.74 Å². The first-order chi connectivity index (χ1) is 12.5. The van der Waals surface area contributed by atoms with E-state index >= 15 is 0 Å². The average Bonchev–Trinajstić information content (AvgIpc) is 2.56. The first-order valence-electron chi connectivity index (χ1n) is 8.41. The predicted octanol–water partition coefficient (Wildman–Crippen LogP) is 3.03. The molecule has 7 heteroatoms. The molecule has 0 spiro atoms. The first kappa shape index (κ1) is 20.6. The Bertz CT molecular complexity index is 966. The van der Waals surface area contributed by atoms with Crippen LogP contribution in [-0.4, -0.2) is 32.7 Å². The summed E-state index contributed by atoms with van der Waals surface area (Å²) in [5.41, 5.74) is 3.25. The van der Waals surface area contributed by atoms with E-state index in [0.717, 1.165) is 17.4 Å². The van der Waals surface area contributed by atoms with Gasteiger partial charge >= 0.3 is 5.97 Å². The Balaban J connectivity index is 2.05. The van der Waals surface area contributed by atoms with Gasteiger partial charge in [0.25, 0.3) is 5.91 Å². The Morgan fingerprint density at radius 1 is 1.11 bits per heavy atom. The highest BCUT2D eigenvalue weighted by atomic mass is 32.2. The van der Waals surface area contributed by atoms with E-state index in [1.807, 2.05) is 32.0 Å². The summed E-state index contributed by atoms with van der Waals surface area (Å²) in [6.45, 7) is 5.28. The number of hydrogen-bond donors (Lipinski definition) is 1. The Labute approximate surface area is 159 Å². The Morgan fingerprint density at radius 3 is 2.48 bits per heavy atom. The van der Waals surface area contributed by atoms with Gasteiger partial charge in [-0.1, -0.05) is 24.3 Å². The highest BCUT2D eigenvalue weighted by molar-refractivity contribution is 7.89. The molecule has 0 bridgehead atoms. The van der Waals surface area contributed by atoms with E-state index in [9.17, 15) is 18.0 Å². The number of amides is 1. The summed E-state index contributed by atoms with van der Waals surface area (Å²) in [6, 6.07) is 11.9. The fraction of sp³-hybridized carbons (Fsp3) is 0.300. The van der Waals surface area contributed by atoms with Gasteiger partial charge in [0, 0.05) is 11.9 Å². The molecule has 27 heavy (non-hydrogen) atoms. The van der Waals surface area contributed by atoms with Crippen LogP contribution >= 0.6 is 0 Å². The Morgan fingerprint density at radius 2 is 1.81 bits per heavy atom. The van der Waals surface area contributed by atoms with Crippen LogP contribution in [0.4, 0.5) is 5.69 Å². The van der Waals surface area contributed by atoms with Crippen molar-refractivity contribution in [2.75, 3.05) is 11.6 Å². The molecule has 0 aliphatic carbocycles. The minimum atomic E-state index is -3.21. The van der Waals surface area contributed by atoms with Crippen molar-refractivity contribution in [1.29, 1.82) is 0 Å². The Kier molecular flexibility index (Phi) is 6.38.